The van der Waals surface area contributed by atoms with Gasteiger partial charge in [-0.1, -0.05) is 35.0 Å². The average molecular weight is 296 g/mol. The zero-order valence-electron chi connectivity index (χ0n) is 9.61. The van der Waals surface area contributed by atoms with Gasteiger partial charge in [0.15, 0.2) is 0 Å². The summed E-state index contributed by atoms with van der Waals surface area (Å²) in [6, 6.07) is 8.09. The second-order valence-electron chi connectivity index (χ2n) is 3.67. The van der Waals surface area contributed by atoms with Crippen LogP contribution in [-0.4, -0.2) is 16.7 Å². The summed E-state index contributed by atoms with van der Waals surface area (Å²) < 4.78 is 6.59. The van der Waals surface area contributed by atoms with Gasteiger partial charge >= 0.3 is 0 Å². The number of halogens is 1. The van der Waals surface area contributed by atoms with Crippen molar-refractivity contribution in [2.45, 2.75) is 19.9 Å². The van der Waals surface area contributed by atoms with E-state index in [2.05, 4.69) is 31.4 Å². The highest BCUT2D eigenvalue weighted by Crippen LogP contribution is 2.13. The Morgan fingerprint density at radius 1 is 1.18 bits per heavy atom. The van der Waals surface area contributed by atoms with Crippen molar-refractivity contribution in [1.82, 2.24) is 15.5 Å². The van der Waals surface area contributed by atoms with Crippen LogP contribution in [0.25, 0.3) is 0 Å². The van der Waals surface area contributed by atoms with E-state index in [1.54, 1.807) is 0 Å². The van der Waals surface area contributed by atoms with E-state index in [-0.39, 0.29) is 0 Å². The van der Waals surface area contributed by atoms with Gasteiger partial charge in [0.05, 0.1) is 13.0 Å². The van der Waals surface area contributed by atoms with E-state index < -0.39 is 0 Å². The van der Waals surface area contributed by atoms with Crippen LogP contribution in [0.15, 0.2) is 33.2 Å². The molecule has 1 heterocycles. The van der Waals surface area contributed by atoms with Gasteiger partial charge < -0.3 is 9.73 Å². The molecule has 0 saturated heterocycles. The molecule has 0 aliphatic rings. The molecular formula is C12H14BrN3O. The summed E-state index contributed by atoms with van der Waals surface area (Å²) in [5.74, 6) is 1.29. The first-order chi connectivity index (χ1) is 8.28. The third-order valence-electron chi connectivity index (χ3n) is 2.30. The largest absolute Gasteiger partial charge is 0.424 e. The van der Waals surface area contributed by atoms with E-state index in [0.29, 0.717) is 24.7 Å². The van der Waals surface area contributed by atoms with Crippen LogP contribution in [0.2, 0.25) is 0 Å². The van der Waals surface area contributed by atoms with Gasteiger partial charge in [0.1, 0.15) is 0 Å². The number of nitrogens with zero attached hydrogens (tertiary/aromatic N) is 2. The lowest BCUT2D eigenvalue weighted by Gasteiger charge is -1.97. The van der Waals surface area contributed by atoms with Crippen molar-refractivity contribution in [3.8, 4) is 0 Å². The lowest BCUT2D eigenvalue weighted by atomic mass is 10.1. The molecule has 2 aromatic rings. The van der Waals surface area contributed by atoms with E-state index in [4.69, 9.17) is 4.42 Å². The molecule has 2 rings (SSSR count). The Kier molecular flexibility index (Phi) is 4.28. The molecule has 1 aromatic carbocycles. The number of benzene rings is 1. The summed E-state index contributed by atoms with van der Waals surface area (Å²) in [6.07, 6.45) is 0.673. The van der Waals surface area contributed by atoms with Crippen LogP contribution in [0.4, 0.5) is 0 Å². The Labute approximate surface area is 109 Å². The molecule has 0 spiro atoms. The lowest BCUT2D eigenvalue weighted by Crippen LogP contribution is -2.11. The van der Waals surface area contributed by atoms with Gasteiger partial charge in [-0.3, -0.25) is 0 Å². The molecular weight excluding hydrogens is 282 g/mol. The van der Waals surface area contributed by atoms with Crippen LogP contribution in [0.3, 0.4) is 0 Å². The van der Waals surface area contributed by atoms with E-state index in [0.717, 1.165) is 16.6 Å². The summed E-state index contributed by atoms with van der Waals surface area (Å²) in [5.41, 5.74) is 1.16. The third-order valence-corrected chi connectivity index (χ3v) is 2.83. The smallest absolute Gasteiger partial charge is 0.230 e. The van der Waals surface area contributed by atoms with Gasteiger partial charge in [-0.2, -0.15) is 0 Å². The second-order valence-corrected chi connectivity index (χ2v) is 4.59. The summed E-state index contributed by atoms with van der Waals surface area (Å²) in [7, 11) is 0. The van der Waals surface area contributed by atoms with E-state index in [1.807, 2.05) is 31.2 Å². The van der Waals surface area contributed by atoms with Crippen LogP contribution in [0.1, 0.15) is 24.3 Å². The SMILES string of the molecule is CCNCc1nnc(Cc2ccc(Br)cc2)o1. The molecule has 0 fully saturated rings. The maximum atomic E-state index is 5.52. The Morgan fingerprint density at radius 3 is 2.59 bits per heavy atom. The molecule has 1 N–H and O–H groups in total. The number of nitrogens with one attached hydrogen (secondary N) is 1. The Bertz CT molecular complexity index is 467. The molecule has 5 heteroatoms. The summed E-state index contributed by atoms with van der Waals surface area (Å²) in [4.78, 5) is 0. The molecule has 1 aromatic heterocycles. The highest BCUT2D eigenvalue weighted by molar-refractivity contribution is 9.10. The molecule has 90 valence electrons. The Hall–Kier alpha value is -1.20. The highest BCUT2D eigenvalue weighted by atomic mass is 79.9. The molecule has 0 amide bonds. The maximum Gasteiger partial charge on any atom is 0.230 e. The number of aromatic nitrogens is 2. The normalized spacial score (nSPS) is 10.7. The fourth-order valence-corrected chi connectivity index (χ4v) is 1.70. The van der Waals surface area contributed by atoms with Crippen molar-refractivity contribution >= 4 is 15.9 Å². The standard InChI is InChI=1S/C12H14BrN3O/c1-2-14-8-12-16-15-11(17-12)7-9-3-5-10(13)6-4-9/h3-6,14H,2,7-8H2,1H3. The molecule has 0 saturated carbocycles. The molecule has 0 aliphatic carbocycles. The zero-order valence-corrected chi connectivity index (χ0v) is 11.2. The van der Waals surface area contributed by atoms with Gasteiger partial charge in [0.2, 0.25) is 11.8 Å². The van der Waals surface area contributed by atoms with Crippen molar-refractivity contribution in [2.24, 2.45) is 0 Å². The topological polar surface area (TPSA) is 51.0 Å². The van der Waals surface area contributed by atoms with Gasteiger partial charge in [0, 0.05) is 4.47 Å². The van der Waals surface area contributed by atoms with Crippen molar-refractivity contribution < 1.29 is 4.42 Å². The van der Waals surface area contributed by atoms with Gasteiger partial charge in [-0.05, 0) is 24.2 Å². The minimum Gasteiger partial charge on any atom is -0.424 e. The molecule has 0 bridgehead atoms. The molecule has 4 nitrogen and oxygen atoms in total. The van der Waals surface area contributed by atoms with Crippen molar-refractivity contribution in [2.75, 3.05) is 6.54 Å². The average Bonchev–Trinajstić information content (AvgIpc) is 2.77. The minimum absolute atomic E-state index is 0.629. The summed E-state index contributed by atoms with van der Waals surface area (Å²) in [5, 5.41) is 11.1. The fraction of sp³-hybridized carbons (Fsp3) is 0.333. The molecule has 0 radical (unpaired) electrons. The van der Waals surface area contributed by atoms with Crippen LogP contribution in [0.5, 0.6) is 0 Å². The fourth-order valence-electron chi connectivity index (χ4n) is 1.44. The van der Waals surface area contributed by atoms with Crippen molar-refractivity contribution in [3.63, 3.8) is 0 Å². The van der Waals surface area contributed by atoms with Gasteiger partial charge in [-0.15, -0.1) is 10.2 Å². The molecule has 0 aliphatic heterocycles. The van der Waals surface area contributed by atoms with Crippen LogP contribution in [0, 0.1) is 0 Å². The Morgan fingerprint density at radius 2 is 1.88 bits per heavy atom. The predicted octanol–water partition coefficient (Wildman–Crippen LogP) is 2.53. The number of hydrogen-bond donors (Lipinski definition) is 1. The second kappa shape index (κ2) is 5.93. The van der Waals surface area contributed by atoms with Crippen LogP contribution < -0.4 is 5.32 Å². The van der Waals surface area contributed by atoms with Gasteiger partial charge in [-0.25, -0.2) is 0 Å². The molecule has 0 atom stereocenters. The van der Waals surface area contributed by atoms with Crippen LogP contribution >= 0.6 is 15.9 Å². The first-order valence-corrected chi connectivity index (χ1v) is 6.33. The number of hydrogen-bond acceptors (Lipinski definition) is 4. The Balaban J connectivity index is 1.98. The maximum absolute atomic E-state index is 5.52. The van der Waals surface area contributed by atoms with E-state index in [1.165, 1.54) is 0 Å². The van der Waals surface area contributed by atoms with E-state index >= 15 is 0 Å². The monoisotopic (exact) mass is 295 g/mol. The molecule has 17 heavy (non-hydrogen) atoms. The third kappa shape index (κ3) is 3.64. The van der Waals surface area contributed by atoms with E-state index in [9.17, 15) is 0 Å². The summed E-state index contributed by atoms with van der Waals surface area (Å²) in [6.45, 7) is 3.56. The minimum atomic E-state index is 0.629. The first kappa shape index (κ1) is 12.3. The number of rotatable bonds is 5. The van der Waals surface area contributed by atoms with Crippen molar-refractivity contribution in [3.05, 3.63) is 46.1 Å². The lowest BCUT2D eigenvalue weighted by molar-refractivity contribution is 0.441. The van der Waals surface area contributed by atoms with Gasteiger partial charge in [0.25, 0.3) is 0 Å². The quantitative estimate of drug-likeness (QED) is 0.921. The zero-order chi connectivity index (χ0) is 12.1. The molecule has 0 unspecified atom stereocenters. The van der Waals surface area contributed by atoms with Crippen molar-refractivity contribution in [1.29, 1.82) is 0 Å². The summed E-state index contributed by atoms with van der Waals surface area (Å²) >= 11 is 3.40. The highest BCUT2D eigenvalue weighted by Gasteiger charge is 2.06. The predicted molar refractivity (Wildman–Crippen MR) is 68.6 cm³/mol. The first-order valence-electron chi connectivity index (χ1n) is 5.54. The van der Waals surface area contributed by atoms with Crippen LogP contribution in [-0.2, 0) is 13.0 Å².